The number of hydrogen-bond acceptors (Lipinski definition) is 3. The molecule has 0 spiro atoms. The Kier molecular flexibility index (Phi) is 2.75. The van der Waals surface area contributed by atoms with Gasteiger partial charge in [0.25, 0.3) is 0 Å². The molecule has 4 heteroatoms. The molecule has 0 aromatic carbocycles. The Morgan fingerprint density at radius 3 is 2.50 bits per heavy atom. The number of carbonyl (C=O) groups is 1. The molecule has 0 heterocycles. The molecule has 2 fully saturated rings. The van der Waals surface area contributed by atoms with Crippen molar-refractivity contribution in [2.45, 2.75) is 63.6 Å². The van der Waals surface area contributed by atoms with E-state index in [1.54, 1.807) is 0 Å². The zero-order valence-corrected chi connectivity index (χ0v) is 10.1. The van der Waals surface area contributed by atoms with E-state index in [9.17, 15) is 9.90 Å². The Bertz CT molecular complexity index is 297. The Balaban J connectivity index is 1.80. The van der Waals surface area contributed by atoms with E-state index in [0.29, 0.717) is 12.8 Å². The first-order valence-corrected chi connectivity index (χ1v) is 6.10. The normalized spacial score (nSPS) is 34.8. The van der Waals surface area contributed by atoms with E-state index in [1.165, 1.54) is 0 Å². The first kappa shape index (κ1) is 11.9. The molecule has 16 heavy (non-hydrogen) atoms. The van der Waals surface area contributed by atoms with Crippen molar-refractivity contribution in [2.75, 3.05) is 0 Å². The number of aliphatic hydroxyl groups is 1. The van der Waals surface area contributed by atoms with Crippen LogP contribution < -0.4 is 11.1 Å². The van der Waals surface area contributed by atoms with Gasteiger partial charge in [-0.3, -0.25) is 4.79 Å². The third kappa shape index (κ3) is 1.96. The van der Waals surface area contributed by atoms with Gasteiger partial charge in [0.2, 0.25) is 5.91 Å². The lowest BCUT2D eigenvalue weighted by Crippen LogP contribution is -2.62. The molecule has 0 bridgehead atoms. The first-order valence-electron chi connectivity index (χ1n) is 6.10. The van der Waals surface area contributed by atoms with Gasteiger partial charge in [0.15, 0.2) is 0 Å². The average Bonchev–Trinajstić information content (AvgIpc) is 2.15. The quantitative estimate of drug-likeness (QED) is 0.657. The summed E-state index contributed by atoms with van der Waals surface area (Å²) in [5, 5.41) is 12.6. The first-order chi connectivity index (χ1) is 7.33. The van der Waals surface area contributed by atoms with Gasteiger partial charge in [0, 0.05) is 23.4 Å². The molecule has 2 saturated carbocycles. The van der Waals surface area contributed by atoms with E-state index in [-0.39, 0.29) is 29.0 Å². The fourth-order valence-corrected chi connectivity index (χ4v) is 2.52. The molecule has 0 aromatic heterocycles. The summed E-state index contributed by atoms with van der Waals surface area (Å²) in [6.45, 7) is 3.96. The Labute approximate surface area is 96.6 Å². The lowest BCUT2D eigenvalue weighted by Gasteiger charge is -2.49. The highest BCUT2D eigenvalue weighted by molar-refractivity contribution is 5.78. The Hall–Kier alpha value is -0.610. The smallest absolute Gasteiger partial charge is 0.222 e. The van der Waals surface area contributed by atoms with Crippen molar-refractivity contribution >= 4 is 5.91 Å². The highest BCUT2D eigenvalue weighted by Crippen LogP contribution is 2.40. The zero-order valence-electron chi connectivity index (χ0n) is 10.1. The second-order valence-corrected chi connectivity index (χ2v) is 6.09. The van der Waals surface area contributed by atoms with Crippen molar-refractivity contribution < 1.29 is 9.90 Å². The number of amides is 1. The maximum absolute atomic E-state index is 11.8. The standard InChI is InChI=1S/C12H22N2O2/c1-11(2)8(6-9(11)15)14-10(16)7-12(13)4-3-5-12/h8-9,15H,3-7,13H2,1-2H3,(H,14,16). The second-order valence-electron chi connectivity index (χ2n) is 6.09. The van der Waals surface area contributed by atoms with E-state index < -0.39 is 0 Å². The van der Waals surface area contributed by atoms with Gasteiger partial charge in [0.1, 0.15) is 0 Å². The van der Waals surface area contributed by atoms with Crippen LogP contribution in [0, 0.1) is 5.41 Å². The molecule has 2 unspecified atom stereocenters. The lowest BCUT2D eigenvalue weighted by molar-refractivity contribution is -0.131. The van der Waals surface area contributed by atoms with Gasteiger partial charge in [-0.25, -0.2) is 0 Å². The largest absolute Gasteiger partial charge is 0.392 e. The van der Waals surface area contributed by atoms with Crippen molar-refractivity contribution in [1.82, 2.24) is 5.32 Å². The predicted octanol–water partition coefficient (Wildman–Crippen LogP) is 0.533. The molecule has 1 amide bonds. The van der Waals surface area contributed by atoms with E-state index in [2.05, 4.69) is 5.32 Å². The molecule has 2 rings (SSSR count). The zero-order chi connectivity index (χ0) is 12.0. The topological polar surface area (TPSA) is 75.3 Å². The van der Waals surface area contributed by atoms with Crippen LogP contribution in [0.25, 0.3) is 0 Å². The minimum absolute atomic E-state index is 0.0344. The molecule has 4 N–H and O–H groups in total. The number of hydrogen-bond donors (Lipinski definition) is 3. The number of nitrogens with one attached hydrogen (secondary N) is 1. The second kappa shape index (κ2) is 3.70. The molecular formula is C12H22N2O2. The van der Waals surface area contributed by atoms with Gasteiger partial charge in [-0.15, -0.1) is 0 Å². The maximum Gasteiger partial charge on any atom is 0.222 e. The van der Waals surface area contributed by atoms with Gasteiger partial charge in [0.05, 0.1) is 6.10 Å². The molecule has 2 aliphatic rings. The highest BCUT2D eigenvalue weighted by Gasteiger charge is 2.48. The third-order valence-electron chi connectivity index (χ3n) is 4.41. The van der Waals surface area contributed by atoms with Crippen LogP contribution in [0.1, 0.15) is 46.0 Å². The summed E-state index contributed by atoms with van der Waals surface area (Å²) in [6, 6.07) is 0.0960. The van der Waals surface area contributed by atoms with Crippen LogP contribution in [0.3, 0.4) is 0 Å². The fourth-order valence-electron chi connectivity index (χ4n) is 2.52. The van der Waals surface area contributed by atoms with Crippen LogP contribution in [0.5, 0.6) is 0 Å². The van der Waals surface area contributed by atoms with E-state index in [4.69, 9.17) is 5.73 Å². The van der Waals surface area contributed by atoms with Crippen LogP contribution in [-0.4, -0.2) is 28.7 Å². The summed E-state index contributed by atoms with van der Waals surface area (Å²) in [5.41, 5.74) is 5.57. The molecule has 4 nitrogen and oxygen atoms in total. The van der Waals surface area contributed by atoms with E-state index >= 15 is 0 Å². The molecule has 0 aromatic rings. The summed E-state index contributed by atoms with van der Waals surface area (Å²) in [5.74, 6) is 0.0344. The average molecular weight is 226 g/mol. The molecule has 0 aliphatic heterocycles. The fraction of sp³-hybridized carbons (Fsp3) is 0.917. The minimum atomic E-state index is -0.298. The van der Waals surface area contributed by atoms with Gasteiger partial charge < -0.3 is 16.2 Å². The van der Waals surface area contributed by atoms with Crippen LogP contribution in [-0.2, 0) is 4.79 Å². The van der Waals surface area contributed by atoms with Gasteiger partial charge >= 0.3 is 0 Å². The lowest BCUT2D eigenvalue weighted by atomic mass is 9.64. The van der Waals surface area contributed by atoms with Crippen molar-refractivity contribution in [3.63, 3.8) is 0 Å². The van der Waals surface area contributed by atoms with Crippen molar-refractivity contribution in [3.8, 4) is 0 Å². The Morgan fingerprint density at radius 2 is 2.12 bits per heavy atom. The van der Waals surface area contributed by atoms with Crippen molar-refractivity contribution in [2.24, 2.45) is 11.1 Å². The summed E-state index contributed by atoms with van der Waals surface area (Å²) >= 11 is 0. The molecule has 92 valence electrons. The van der Waals surface area contributed by atoms with Crippen molar-refractivity contribution in [3.05, 3.63) is 0 Å². The number of rotatable bonds is 3. The van der Waals surface area contributed by atoms with Crippen LogP contribution in [0.4, 0.5) is 0 Å². The molecule has 2 aliphatic carbocycles. The number of carbonyl (C=O) groups excluding carboxylic acids is 1. The molecule has 2 atom stereocenters. The van der Waals surface area contributed by atoms with Gasteiger partial charge in [-0.1, -0.05) is 13.8 Å². The maximum atomic E-state index is 11.8. The molecule has 0 radical (unpaired) electrons. The summed E-state index contributed by atoms with van der Waals surface area (Å²) < 4.78 is 0. The Morgan fingerprint density at radius 1 is 1.50 bits per heavy atom. The summed E-state index contributed by atoms with van der Waals surface area (Å²) in [6.07, 6.45) is 3.84. The molecular weight excluding hydrogens is 204 g/mol. The highest BCUT2D eigenvalue weighted by atomic mass is 16.3. The van der Waals surface area contributed by atoms with Gasteiger partial charge in [-0.2, -0.15) is 0 Å². The number of aliphatic hydroxyl groups excluding tert-OH is 1. The van der Waals surface area contributed by atoms with Crippen LogP contribution >= 0.6 is 0 Å². The minimum Gasteiger partial charge on any atom is -0.392 e. The SMILES string of the molecule is CC1(C)C(O)CC1NC(=O)CC1(N)CCC1. The van der Waals surface area contributed by atoms with Crippen LogP contribution in [0.2, 0.25) is 0 Å². The summed E-state index contributed by atoms with van der Waals surface area (Å²) in [4.78, 5) is 11.8. The van der Waals surface area contributed by atoms with E-state index in [1.807, 2.05) is 13.8 Å². The van der Waals surface area contributed by atoms with E-state index in [0.717, 1.165) is 19.3 Å². The predicted molar refractivity (Wildman–Crippen MR) is 61.7 cm³/mol. The van der Waals surface area contributed by atoms with Crippen LogP contribution in [0.15, 0.2) is 0 Å². The van der Waals surface area contributed by atoms with Gasteiger partial charge in [-0.05, 0) is 25.7 Å². The number of nitrogens with two attached hydrogens (primary N) is 1. The third-order valence-corrected chi connectivity index (χ3v) is 4.41. The molecule has 0 saturated heterocycles. The summed E-state index contributed by atoms with van der Waals surface area (Å²) in [7, 11) is 0. The van der Waals surface area contributed by atoms with Crippen molar-refractivity contribution in [1.29, 1.82) is 0 Å². The monoisotopic (exact) mass is 226 g/mol.